The van der Waals surface area contributed by atoms with Gasteiger partial charge >= 0.3 is 0 Å². The van der Waals surface area contributed by atoms with E-state index in [4.69, 9.17) is 4.74 Å². The van der Waals surface area contributed by atoms with E-state index < -0.39 is 4.92 Å². The molecule has 1 saturated heterocycles. The summed E-state index contributed by atoms with van der Waals surface area (Å²) in [5, 5.41) is 15.1. The van der Waals surface area contributed by atoms with Gasteiger partial charge in [-0.15, -0.1) is 0 Å². The van der Waals surface area contributed by atoms with Crippen LogP contribution >= 0.6 is 0 Å². The summed E-state index contributed by atoms with van der Waals surface area (Å²) in [5.41, 5.74) is 1.31. The highest BCUT2D eigenvalue weighted by Gasteiger charge is 2.18. The van der Waals surface area contributed by atoms with Crippen molar-refractivity contribution in [1.82, 2.24) is 4.98 Å². The first-order valence-corrected chi connectivity index (χ1v) is 6.12. The van der Waals surface area contributed by atoms with Crippen molar-refractivity contribution in [3.8, 4) is 0 Å². The molecule has 0 spiro atoms. The van der Waals surface area contributed by atoms with E-state index in [0.717, 1.165) is 24.1 Å². The summed E-state index contributed by atoms with van der Waals surface area (Å²) in [7, 11) is 0. The second kappa shape index (κ2) is 4.81. The van der Waals surface area contributed by atoms with Crippen molar-refractivity contribution in [2.24, 2.45) is 0 Å². The molecule has 0 aliphatic carbocycles. The van der Waals surface area contributed by atoms with E-state index in [1.54, 1.807) is 12.3 Å². The number of ether oxygens (including phenoxy) is 1. The fourth-order valence-electron chi connectivity index (χ4n) is 2.30. The number of pyridine rings is 1. The molecule has 2 aromatic rings. The van der Waals surface area contributed by atoms with Crippen molar-refractivity contribution < 1.29 is 9.66 Å². The lowest BCUT2D eigenvalue weighted by Gasteiger charge is -2.14. The van der Waals surface area contributed by atoms with Gasteiger partial charge in [-0.1, -0.05) is 12.1 Å². The Labute approximate surface area is 109 Å². The minimum absolute atomic E-state index is 0.0313. The Bertz CT molecular complexity index is 624. The number of rotatable bonds is 3. The third-order valence-electron chi connectivity index (χ3n) is 3.24. The zero-order chi connectivity index (χ0) is 13.2. The highest BCUT2D eigenvalue weighted by Crippen LogP contribution is 2.29. The van der Waals surface area contributed by atoms with Crippen molar-refractivity contribution in [2.75, 3.05) is 18.5 Å². The molecule has 19 heavy (non-hydrogen) atoms. The smallest absolute Gasteiger partial charge is 0.295 e. The van der Waals surface area contributed by atoms with Crippen LogP contribution in [-0.4, -0.2) is 29.2 Å². The van der Waals surface area contributed by atoms with Crippen molar-refractivity contribution >= 4 is 22.3 Å². The van der Waals surface area contributed by atoms with Gasteiger partial charge in [0.05, 0.1) is 17.6 Å². The van der Waals surface area contributed by atoms with E-state index in [0.29, 0.717) is 12.1 Å². The average Bonchev–Trinajstić information content (AvgIpc) is 2.91. The van der Waals surface area contributed by atoms with E-state index in [2.05, 4.69) is 10.3 Å². The number of hydrogen-bond donors (Lipinski definition) is 1. The van der Waals surface area contributed by atoms with E-state index in [1.165, 1.54) is 6.07 Å². The molecular weight excluding hydrogens is 246 g/mol. The molecule has 1 atom stereocenters. The Kier molecular flexibility index (Phi) is 3.00. The molecule has 1 aliphatic rings. The maximum atomic E-state index is 11.0. The molecule has 0 saturated carbocycles. The molecule has 6 heteroatoms. The molecule has 0 bridgehead atoms. The number of nitrogens with zero attached hydrogens (tertiary/aromatic N) is 2. The van der Waals surface area contributed by atoms with Gasteiger partial charge in [-0.2, -0.15) is 0 Å². The maximum absolute atomic E-state index is 11.0. The Balaban J connectivity index is 2.05. The number of aromatic nitrogens is 1. The molecule has 1 unspecified atom stereocenters. The lowest BCUT2D eigenvalue weighted by Crippen LogP contribution is -2.19. The first kappa shape index (κ1) is 11.9. The summed E-state index contributed by atoms with van der Waals surface area (Å²) < 4.78 is 5.32. The second-order valence-corrected chi connectivity index (χ2v) is 4.49. The first-order chi connectivity index (χ1) is 9.25. The maximum Gasteiger partial charge on any atom is 0.295 e. The number of para-hydroxylation sites is 1. The van der Waals surface area contributed by atoms with Crippen LogP contribution in [0.3, 0.4) is 0 Å². The van der Waals surface area contributed by atoms with Crippen molar-refractivity contribution in [2.45, 2.75) is 12.5 Å². The van der Waals surface area contributed by atoms with Crippen LogP contribution in [0.15, 0.2) is 30.5 Å². The third-order valence-corrected chi connectivity index (χ3v) is 3.24. The molecule has 0 amide bonds. The van der Waals surface area contributed by atoms with Gasteiger partial charge in [-0.25, -0.2) is 4.98 Å². The molecule has 6 nitrogen and oxygen atoms in total. The number of nitrogens with one attached hydrogen (secondary N) is 1. The number of fused-ring (bicyclic) bond motifs is 1. The molecule has 1 aromatic heterocycles. The summed E-state index contributed by atoms with van der Waals surface area (Å²) in [6, 6.07) is 7.08. The van der Waals surface area contributed by atoms with Crippen LogP contribution in [0.1, 0.15) is 6.42 Å². The Hall–Kier alpha value is -2.21. The molecule has 1 N–H and O–H groups in total. The minimum atomic E-state index is -0.405. The number of anilines is 1. The van der Waals surface area contributed by atoms with Gasteiger partial charge < -0.3 is 10.1 Å². The van der Waals surface area contributed by atoms with Gasteiger partial charge in [0.1, 0.15) is 5.52 Å². The monoisotopic (exact) mass is 259 g/mol. The molecule has 98 valence electrons. The Morgan fingerprint density at radius 2 is 2.32 bits per heavy atom. The zero-order valence-corrected chi connectivity index (χ0v) is 10.2. The summed E-state index contributed by atoms with van der Waals surface area (Å²) in [5.74, 6) is 0. The number of benzene rings is 1. The SMILES string of the molecule is O=[N+]([O-])c1cccc2c(NC3CCOC3)ccnc12. The topological polar surface area (TPSA) is 77.3 Å². The lowest BCUT2D eigenvalue weighted by molar-refractivity contribution is -0.383. The number of nitro groups is 1. The molecule has 0 radical (unpaired) electrons. The quantitative estimate of drug-likeness (QED) is 0.676. The number of hydrogen-bond acceptors (Lipinski definition) is 5. The van der Waals surface area contributed by atoms with E-state index in [9.17, 15) is 10.1 Å². The predicted molar refractivity (Wildman–Crippen MR) is 71.2 cm³/mol. The molecule has 3 rings (SSSR count). The highest BCUT2D eigenvalue weighted by atomic mass is 16.6. The zero-order valence-electron chi connectivity index (χ0n) is 10.2. The van der Waals surface area contributed by atoms with Crippen LogP contribution < -0.4 is 5.32 Å². The van der Waals surface area contributed by atoms with Gasteiger partial charge in [0.2, 0.25) is 0 Å². The standard InChI is InChI=1S/C13H13N3O3/c17-16(18)12-3-1-2-10-11(4-6-14-13(10)12)15-9-5-7-19-8-9/h1-4,6,9H,5,7-8H2,(H,14,15). The van der Waals surface area contributed by atoms with Crippen LogP contribution in [-0.2, 0) is 4.74 Å². The normalized spacial score (nSPS) is 18.6. The number of nitro benzene ring substituents is 1. The molecule has 2 heterocycles. The van der Waals surface area contributed by atoms with Gasteiger partial charge in [0.25, 0.3) is 5.69 Å². The Morgan fingerprint density at radius 1 is 1.42 bits per heavy atom. The lowest BCUT2D eigenvalue weighted by atomic mass is 10.1. The van der Waals surface area contributed by atoms with Gasteiger partial charge in [-0.3, -0.25) is 10.1 Å². The van der Waals surface area contributed by atoms with Crippen molar-refractivity contribution in [3.05, 3.63) is 40.6 Å². The summed E-state index contributed by atoms with van der Waals surface area (Å²) in [4.78, 5) is 14.7. The minimum Gasteiger partial charge on any atom is -0.379 e. The van der Waals surface area contributed by atoms with E-state index in [1.807, 2.05) is 12.1 Å². The Morgan fingerprint density at radius 3 is 3.05 bits per heavy atom. The van der Waals surface area contributed by atoms with E-state index in [-0.39, 0.29) is 11.7 Å². The van der Waals surface area contributed by atoms with Gasteiger partial charge in [-0.05, 0) is 12.5 Å². The van der Waals surface area contributed by atoms with Crippen LogP contribution in [0, 0.1) is 10.1 Å². The molecular formula is C13H13N3O3. The van der Waals surface area contributed by atoms with Crippen molar-refractivity contribution in [3.63, 3.8) is 0 Å². The summed E-state index contributed by atoms with van der Waals surface area (Å²) in [6.07, 6.45) is 2.53. The van der Waals surface area contributed by atoms with Crippen LogP contribution in [0.4, 0.5) is 11.4 Å². The molecule has 1 aromatic carbocycles. The first-order valence-electron chi connectivity index (χ1n) is 6.12. The van der Waals surface area contributed by atoms with Crippen LogP contribution in [0.5, 0.6) is 0 Å². The second-order valence-electron chi connectivity index (χ2n) is 4.49. The predicted octanol–water partition coefficient (Wildman–Crippen LogP) is 2.34. The third kappa shape index (κ3) is 2.22. The summed E-state index contributed by atoms with van der Waals surface area (Å²) >= 11 is 0. The van der Waals surface area contributed by atoms with Crippen LogP contribution in [0.25, 0.3) is 10.9 Å². The number of non-ortho nitro benzene ring substituents is 1. The van der Waals surface area contributed by atoms with Gasteiger partial charge in [0.15, 0.2) is 0 Å². The largest absolute Gasteiger partial charge is 0.379 e. The average molecular weight is 259 g/mol. The summed E-state index contributed by atoms with van der Waals surface area (Å²) in [6.45, 7) is 1.42. The fourth-order valence-corrected chi connectivity index (χ4v) is 2.30. The molecule has 1 aliphatic heterocycles. The fraction of sp³-hybridized carbons (Fsp3) is 0.308. The van der Waals surface area contributed by atoms with Crippen molar-refractivity contribution in [1.29, 1.82) is 0 Å². The van der Waals surface area contributed by atoms with Crippen LogP contribution in [0.2, 0.25) is 0 Å². The van der Waals surface area contributed by atoms with Gasteiger partial charge in [0, 0.05) is 29.9 Å². The van der Waals surface area contributed by atoms with E-state index >= 15 is 0 Å². The molecule has 1 fully saturated rings. The highest BCUT2D eigenvalue weighted by molar-refractivity contribution is 5.96.